The molecule has 0 amide bonds. The molecule has 6 heteroatoms. The molecule has 3 N–H and O–H groups in total. The van der Waals surface area contributed by atoms with Crippen LogP contribution < -0.4 is 10.6 Å². The van der Waals surface area contributed by atoms with Gasteiger partial charge in [-0.25, -0.2) is 0 Å². The lowest BCUT2D eigenvalue weighted by Crippen LogP contribution is -2.40. The second kappa shape index (κ2) is 7.95. The largest absolute Gasteiger partial charge is 0.384 e. The van der Waals surface area contributed by atoms with Gasteiger partial charge in [0.2, 0.25) is 0 Å². The molecule has 0 aromatic carbocycles. The molecule has 118 valence electrons. The first-order valence-electron chi connectivity index (χ1n) is 6.99. The topological polar surface area (TPSA) is 84.5 Å². The standard InChI is InChI=1S/C15H26N4O2/c1-10-8-13(14(15(16)17)12(3)18-10)19(6-7-20-4)11(2)9-21-5/h8,11H,6-7,9H2,1-5H3,(H3,16,17). The van der Waals surface area contributed by atoms with E-state index >= 15 is 0 Å². The molecule has 1 atom stereocenters. The lowest BCUT2D eigenvalue weighted by Gasteiger charge is -2.33. The summed E-state index contributed by atoms with van der Waals surface area (Å²) in [6.45, 7) is 7.77. The van der Waals surface area contributed by atoms with Crippen LogP contribution in [0, 0.1) is 19.3 Å². The van der Waals surface area contributed by atoms with Crippen molar-refractivity contribution in [3.05, 3.63) is 23.0 Å². The van der Waals surface area contributed by atoms with Gasteiger partial charge in [-0.15, -0.1) is 0 Å². The van der Waals surface area contributed by atoms with E-state index in [4.69, 9.17) is 20.6 Å². The Morgan fingerprint density at radius 3 is 2.57 bits per heavy atom. The number of anilines is 1. The van der Waals surface area contributed by atoms with Crippen LogP contribution in [0.1, 0.15) is 23.9 Å². The van der Waals surface area contributed by atoms with Gasteiger partial charge < -0.3 is 20.1 Å². The minimum absolute atomic E-state index is 0.0297. The van der Waals surface area contributed by atoms with E-state index in [9.17, 15) is 0 Å². The van der Waals surface area contributed by atoms with Crippen LogP contribution in [0.15, 0.2) is 6.07 Å². The quantitative estimate of drug-likeness (QED) is 0.560. The Kier molecular flexibility index (Phi) is 6.58. The fraction of sp³-hybridized carbons (Fsp3) is 0.600. The fourth-order valence-corrected chi connectivity index (χ4v) is 2.47. The minimum atomic E-state index is 0.0297. The number of aryl methyl sites for hydroxylation is 2. The summed E-state index contributed by atoms with van der Waals surface area (Å²) < 4.78 is 10.5. The number of nitrogens with zero attached hydrogens (tertiary/aromatic N) is 2. The van der Waals surface area contributed by atoms with Gasteiger partial charge in [-0.1, -0.05) is 0 Å². The van der Waals surface area contributed by atoms with Crippen LogP contribution in [0.3, 0.4) is 0 Å². The van der Waals surface area contributed by atoms with E-state index in [1.165, 1.54) is 0 Å². The molecule has 0 bridgehead atoms. The van der Waals surface area contributed by atoms with Gasteiger partial charge >= 0.3 is 0 Å². The number of aromatic nitrogens is 1. The number of pyridine rings is 1. The van der Waals surface area contributed by atoms with Crippen LogP contribution in [-0.4, -0.2) is 50.8 Å². The van der Waals surface area contributed by atoms with Gasteiger partial charge in [0.1, 0.15) is 5.84 Å². The molecule has 1 rings (SSSR count). The highest BCUT2D eigenvalue weighted by atomic mass is 16.5. The van der Waals surface area contributed by atoms with Crippen LogP contribution in [0.4, 0.5) is 5.69 Å². The number of ether oxygens (including phenoxy) is 2. The Morgan fingerprint density at radius 1 is 1.38 bits per heavy atom. The number of rotatable bonds is 8. The first kappa shape index (κ1) is 17.4. The van der Waals surface area contributed by atoms with Crippen molar-refractivity contribution in [2.45, 2.75) is 26.8 Å². The van der Waals surface area contributed by atoms with Gasteiger partial charge in [0.05, 0.1) is 30.2 Å². The maximum Gasteiger partial charge on any atom is 0.126 e. The average Bonchev–Trinajstić information content (AvgIpc) is 2.38. The van der Waals surface area contributed by atoms with Crippen molar-refractivity contribution in [3.63, 3.8) is 0 Å². The van der Waals surface area contributed by atoms with Crippen molar-refractivity contribution in [2.24, 2.45) is 5.73 Å². The van der Waals surface area contributed by atoms with Gasteiger partial charge in [0.25, 0.3) is 0 Å². The molecule has 0 aliphatic carbocycles. The van der Waals surface area contributed by atoms with Crippen LogP contribution >= 0.6 is 0 Å². The highest BCUT2D eigenvalue weighted by Gasteiger charge is 2.21. The molecule has 0 saturated heterocycles. The van der Waals surface area contributed by atoms with E-state index in [-0.39, 0.29) is 11.9 Å². The Morgan fingerprint density at radius 2 is 2.05 bits per heavy atom. The normalized spacial score (nSPS) is 12.2. The van der Waals surface area contributed by atoms with E-state index in [0.29, 0.717) is 25.3 Å². The molecule has 0 saturated carbocycles. The van der Waals surface area contributed by atoms with Gasteiger partial charge in [-0.05, 0) is 26.8 Å². The number of nitrogens with two attached hydrogens (primary N) is 1. The molecule has 6 nitrogen and oxygen atoms in total. The lowest BCUT2D eigenvalue weighted by molar-refractivity contribution is 0.171. The lowest BCUT2D eigenvalue weighted by atomic mass is 10.1. The molecule has 1 unspecified atom stereocenters. The second-order valence-electron chi connectivity index (χ2n) is 5.15. The summed E-state index contributed by atoms with van der Waals surface area (Å²) in [5.74, 6) is 0.0297. The van der Waals surface area contributed by atoms with Crippen LogP contribution in [-0.2, 0) is 9.47 Å². The third-order valence-corrected chi connectivity index (χ3v) is 3.36. The molecule has 0 spiro atoms. The van der Waals surface area contributed by atoms with Crippen LogP contribution in [0.25, 0.3) is 0 Å². The summed E-state index contributed by atoms with van der Waals surface area (Å²) in [7, 11) is 3.36. The third-order valence-electron chi connectivity index (χ3n) is 3.36. The zero-order valence-electron chi connectivity index (χ0n) is 13.6. The number of nitrogens with one attached hydrogen (secondary N) is 1. The molecule has 21 heavy (non-hydrogen) atoms. The smallest absolute Gasteiger partial charge is 0.126 e. The van der Waals surface area contributed by atoms with E-state index in [1.54, 1.807) is 14.2 Å². The van der Waals surface area contributed by atoms with Gasteiger partial charge in [0, 0.05) is 32.5 Å². The molecule has 1 aromatic rings. The van der Waals surface area contributed by atoms with Gasteiger partial charge in [-0.2, -0.15) is 0 Å². The SMILES string of the molecule is COCCN(c1cc(C)nc(C)c1C(=N)N)C(C)COC. The molecule has 0 fully saturated rings. The summed E-state index contributed by atoms with van der Waals surface area (Å²) >= 11 is 0. The zero-order chi connectivity index (χ0) is 16.0. The van der Waals surface area contributed by atoms with Crippen LogP contribution in [0.5, 0.6) is 0 Å². The molecular weight excluding hydrogens is 268 g/mol. The van der Waals surface area contributed by atoms with Crippen molar-refractivity contribution < 1.29 is 9.47 Å². The summed E-state index contributed by atoms with van der Waals surface area (Å²) in [6.07, 6.45) is 0. The molecule has 1 aromatic heterocycles. The molecule has 1 heterocycles. The Bertz CT molecular complexity index is 491. The highest BCUT2D eigenvalue weighted by molar-refractivity contribution is 6.01. The first-order valence-corrected chi connectivity index (χ1v) is 6.99. The van der Waals surface area contributed by atoms with Crippen molar-refractivity contribution in [3.8, 4) is 0 Å². The Hall–Kier alpha value is -1.66. The van der Waals surface area contributed by atoms with Crippen LogP contribution in [0.2, 0.25) is 0 Å². The predicted octanol–water partition coefficient (Wildman–Crippen LogP) is 1.47. The van der Waals surface area contributed by atoms with Crippen molar-refractivity contribution in [1.82, 2.24) is 4.98 Å². The Balaban J connectivity index is 3.30. The second-order valence-corrected chi connectivity index (χ2v) is 5.15. The maximum absolute atomic E-state index is 7.85. The summed E-state index contributed by atoms with van der Waals surface area (Å²) in [4.78, 5) is 6.57. The molecule has 0 aliphatic rings. The maximum atomic E-state index is 7.85. The average molecular weight is 294 g/mol. The number of methoxy groups -OCH3 is 2. The van der Waals surface area contributed by atoms with Crippen molar-refractivity contribution >= 4 is 11.5 Å². The van der Waals surface area contributed by atoms with Crippen molar-refractivity contribution in [2.75, 3.05) is 38.9 Å². The minimum Gasteiger partial charge on any atom is -0.384 e. The van der Waals surface area contributed by atoms with Gasteiger partial charge in [0.15, 0.2) is 0 Å². The zero-order valence-corrected chi connectivity index (χ0v) is 13.6. The van der Waals surface area contributed by atoms with E-state index < -0.39 is 0 Å². The molecular formula is C15H26N4O2. The summed E-state index contributed by atoms with van der Waals surface area (Å²) in [5, 5.41) is 7.85. The highest BCUT2D eigenvalue weighted by Crippen LogP contribution is 2.25. The number of amidine groups is 1. The third kappa shape index (κ3) is 4.41. The summed E-state index contributed by atoms with van der Waals surface area (Å²) in [6, 6.07) is 2.11. The monoisotopic (exact) mass is 294 g/mol. The number of hydrogen-bond acceptors (Lipinski definition) is 5. The predicted molar refractivity (Wildman–Crippen MR) is 85.3 cm³/mol. The fourth-order valence-electron chi connectivity index (χ4n) is 2.47. The van der Waals surface area contributed by atoms with Crippen molar-refractivity contribution in [1.29, 1.82) is 5.41 Å². The van der Waals surface area contributed by atoms with E-state index in [2.05, 4.69) is 16.8 Å². The molecule has 0 aliphatic heterocycles. The molecule has 0 radical (unpaired) electrons. The number of nitrogen functional groups attached to an aromatic ring is 1. The first-order chi connectivity index (χ1) is 9.92. The number of hydrogen-bond donors (Lipinski definition) is 2. The Labute approximate surface area is 126 Å². The van der Waals surface area contributed by atoms with E-state index in [0.717, 1.165) is 17.1 Å². The van der Waals surface area contributed by atoms with Gasteiger partial charge in [-0.3, -0.25) is 10.4 Å². The summed E-state index contributed by atoms with van der Waals surface area (Å²) in [5.41, 5.74) is 9.02. The van der Waals surface area contributed by atoms with E-state index in [1.807, 2.05) is 19.9 Å².